The minimum absolute atomic E-state index is 0.000652. The van der Waals surface area contributed by atoms with Crippen molar-refractivity contribution >= 4 is 50.7 Å². The highest BCUT2D eigenvalue weighted by Crippen LogP contribution is 2.27. The Labute approximate surface area is 282 Å². The Morgan fingerprint density at radius 3 is 2.17 bits per heavy atom. The molecule has 1 N–H and O–H groups in total. The number of halogens is 2. The summed E-state index contributed by atoms with van der Waals surface area (Å²) in [6.07, 6.45) is 1.89. The van der Waals surface area contributed by atoms with E-state index < -0.39 is 28.5 Å². The normalized spacial score (nSPS) is 11.9. The molecule has 0 aliphatic heterocycles. The van der Waals surface area contributed by atoms with Gasteiger partial charge < -0.3 is 10.2 Å². The van der Waals surface area contributed by atoms with Crippen molar-refractivity contribution in [1.29, 1.82) is 0 Å². The van der Waals surface area contributed by atoms with Gasteiger partial charge in [-0.05, 0) is 73.4 Å². The van der Waals surface area contributed by atoms with Crippen LogP contribution >= 0.6 is 23.2 Å². The number of hydrogen-bond acceptors (Lipinski definition) is 4. The van der Waals surface area contributed by atoms with Crippen LogP contribution in [0.4, 0.5) is 5.69 Å². The van der Waals surface area contributed by atoms with Crippen molar-refractivity contribution < 1.29 is 18.0 Å². The number of nitrogens with zero attached hydrogens (tertiary/aromatic N) is 2. The number of carbonyl (C=O) groups is 2. The van der Waals surface area contributed by atoms with Crippen molar-refractivity contribution in [2.45, 2.75) is 57.5 Å². The molecule has 0 saturated heterocycles. The van der Waals surface area contributed by atoms with E-state index in [2.05, 4.69) is 5.32 Å². The van der Waals surface area contributed by atoms with Crippen LogP contribution in [-0.4, -0.2) is 44.3 Å². The zero-order valence-electron chi connectivity index (χ0n) is 26.2. The van der Waals surface area contributed by atoms with Gasteiger partial charge >= 0.3 is 0 Å². The van der Waals surface area contributed by atoms with E-state index in [1.165, 1.54) is 17.0 Å². The molecule has 0 aromatic heterocycles. The average Bonchev–Trinajstić information content (AvgIpc) is 3.03. The third-order valence-electron chi connectivity index (χ3n) is 7.62. The van der Waals surface area contributed by atoms with Gasteiger partial charge in [-0.25, -0.2) is 8.42 Å². The van der Waals surface area contributed by atoms with Crippen LogP contribution in [0.25, 0.3) is 0 Å². The number of carbonyl (C=O) groups excluding carboxylic acids is 2. The van der Waals surface area contributed by atoms with E-state index in [4.69, 9.17) is 23.2 Å². The lowest BCUT2D eigenvalue weighted by molar-refractivity contribution is -0.140. The molecular formula is C36H39Cl2N3O4S. The number of hydrogen-bond donors (Lipinski definition) is 1. The summed E-state index contributed by atoms with van der Waals surface area (Å²) in [7, 11) is -4.18. The molecule has 0 aliphatic carbocycles. The molecule has 46 heavy (non-hydrogen) atoms. The van der Waals surface area contributed by atoms with E-state index in [0.29, 0.717) is 27.8 Å². The first-order valence-corrected chi connectivity index (χ1v) is 17.4. The highest BCUT2D eigenvalue weighted by atomic mass is 35.5. The second-order valence-electron chi connectivity index (χ2n) is 11.3. The van der Waals surface area contributed by atoms with Gasteiger partial charge in [0.15, 0.2) is 0 Å². The molecule has 4 aromatic carbocycles. The Morgan fingerprint density at radius 2 is 1.52 bits per heavy atom. The standard InChI is InChI=1S/C36H39Cl2N3O4S/c1-4-5-20-39-36(43)34(23-28-11-7-6-8-12-28)40(24-29-16-19-32(37)33(38)22-29)35(42)25-41(30-13-9-10-27(3)21-30)46(44,45)31-17-14-26(2)15-18-31/h6-19,21-22,34H,4-5,20,23-25H2,1-3H3,(H,39,43). The van der Waals surface area contributed by atoms with E-state index >= 15 is 0 Å². The Morgan fingerprint density at radius 1 is 0.804 bits per heavy atom. The number of unbranched alkanes of at least 4 members (excludes halogenated alkanes) is 1. The first-order valence-electron chi connectivity index (χ1n) is 15.2. The number of anilines is 1. The van der Waals surface area contributed by atoms with Crippen LogP contribution in [0.1, 0.15) is 42.0 Å². The first-order chi connectivity index (χ1) is 22.0. The summed E-state index contributed by atoms with van der Waals surface area (Å²) in [6.45, 7) is 5.68. The van der Waals surface area contributed by atoms with Crippen LogP contribution in [0, 0.1) is 13.8 Å². The zero-order chi connectivity index (χ0) is 33.3. The predicted octanol–water partition coefficient (Wildman–Crippen LogP) is 7.36. The van der Waals surface area contributed by atoms with Crippen molar-refractivity contribution in [3.05, 3.63) is 129 Å². The third-order valence-corrected chi connectivity index (χ3v) is 10.1. The number of amides is 2. The maximum atomic E-state index is 14.5. The van der Waals surface area contributed by atoms with Crippen molar-refractivity contribution in [3.8, 4) is 0 Å². The number of nitrogens with one attached hydrogen (secondary N) is 1. The maximum Gasteiger partial charge on any atom is 0.264 e. The summed E-state index contributed by atoms with van der Waals surface area (Å²) in [4.78, 5) is 29.9. The van der Waals surface area contributed by atoms with Crippen LogP contribution in [0.5, 0.6) is 0 Å². The molecule has 0 bridgehead atoms. The fourth-order valence-electron chi connectivity index (χ4n) is 5.04. The van der Waals surface area contributed by atoms with Crippen molar-refractivity contribution in [2.24, 2.45) is 0 Å². The van der Waals surface area contributed by atoms with Crippen LogP contribution in [0.3, 0.4) is 0 Å². The van der Waals surface area contributed by atoms with Gasteiger partial charge in [0.25, 0.3) is 10.0 Å². The van der Waals surface area contributed by atoms with Gasteiger partial charge in [0.1, 0.15) is 12.6 Å². The van der Waals surface area contributed by atoms with E-state index in [9.17, 15) is 18.0 Å². The number of aryl methyl sites for hydroxylation is 2. The largest absolute Gasteiger partial charge is 0.354 e. The maximum absolute atomic E-state index is 14.5. The molecule has 4 rings (SSSR count). The number of benzene rings is 4. The molecule has 4 aromatic rings. The number of sulfonamides is 1. The smallest absolute Gasteiger partial charge is 0.264 e. The van der Waals surface area contributed by atoms with Crippen molar-refractivity contribution in [2.75, 3.05) is 17.4 Å². The molecule has 0 heterocycles. The van der Waals surface area contributed by atoms with E-state index in [1.54, 1.807) is 48.5 Å². The van der Waals surface area contributed by atoms with Gasteiger partial charge in [-0.1, -0.05) is 103 Å². The van der Waals surface area contributed by atoms with Gasteiger partial charge in [-0.2, -0.15) is 0 Å². The van der Waals surface area contributed by atoms with Gasteiger partial charge in [0, 0.05) is 19.5 Å². The molecule has 10 heteroatoms. The van der Waals surface area contributed by atoms with E-state index in [0.717, 1.165) is 33.8 Å². The van der Waals surface area contributed by atoms with Crippen molar-refractivity contribution in [3.63, 3.8) is 0 Å². The highest BCUT2D eigenvalue weighted by Gasteiger charge is 2.34. The summed E-state index contributed by atoms with van der Waals surface area (Å²) in [6, 6.07) is 27.0. The molecule has 0 radical (unpaired) electrons. The third kappa shape index (κ3) is 9.12. The van der Waals surface area contributed by atoms with Gasteiger partial charge in [0.2, 0.25) is 11.8 Å². The minimum Gasteiger partial charge on any atom is -0.354 e. The molecule has 242 valence electrons. The monoisotopic (exact) mass is 679 g/mol. The Balaban J connectivity index is 1.80. The topological polar surface area (TPSA) is 86.8 Å². The average molecular weight is 681 g/mol. The summed E-state index contributed by atoms with van der Waals surface area (Å²) in [5, 5.41) is 3.65. The predicted molar refractivity (Wildman–Crippen MR) is 186 cm³/mol. The number of rotatable bonds is 14. The van der Waals surface area contributed by atoms with Gasteiger partial charge in [-0.3, -0.25) is 13.9 Å². The molecule has 7 nitrogen and oxygen atoms in total. The Bertz CT molecular complexity index is 1750. The minimum atomic E-state index is -4.18. The van der Waals surface area contributed by atoms with E-state index in [-0.39, 0.29) is 23.8 Å². The highest BCUT2D eigenvalue weighted by molar-refractivity contribution is 7.92. The lowest BCUT2D eigenvalue weighted by Crippen LogP contribution is -2.53. The van der Waals surface area contributed by atoms with Crippen molar-refractivity contribution in [1.82, 2.24) is 10.2 Å². The van der Waals surface area contributed by atoms with Crippen LogP contribution in [0.2, 0.25) is 10.0 Å². The Hall–Kier alpha value is -3.85. The lowest BCUT2D eigenvalue weighted by Gasteiger charge is -2.34. The summed E-state index contributed by atoms with van der Waals surface area (Å²) in [5.41, 5.74) is 3.58. The molecule has 0 aliphatic rings. The molecule has 1 atom stereocenters. The molecule has 2 amide bonds. The molecule has 0 saturated carbocycles. The molecule has 1 unspecified atom stereocenters. The zero-order valence-corrected chi connectivity index (χ0v) is 28.6. The van der Waals surface area contributed by atoms with Crippen LogP contribution in [-0.2, 0) is 32.6 Å². The Kier molecular flexibility index (Phi) is 12.3. The fraction of sp³-hybridized carbons (Fsp3) is 0.278. The fourth-order valence-corrected chi connectivity index (χ4v) is 6.77. The lowest BCUT2D eigenvalue weighted by atomic mass is 10.0. The van der Waals surface area contributed by atoms with Crippen LogP contribution < -0.4 is 9.62 Å². The van der Waals surface area contributed by atoms with E-state index in [1.807, 2.05) is 57.2 Å². The molecular weight excluding hydrogens is 641 g/mol. The van der Waals surface area contributed by atoms with Crippen LogP contribution in [0.15, 0.2) is 102 Å². The van der Waals surface area contributed by atoms with Gasteiger partial charge in [-0.15, -0.1) is 0 Å². The summed E-state index contributed by atoms with van der Waals surface area (Å²) < 4.78 is 29.4. The molecule has 0 spiro atoms. The summed E-state index contributed by atoms with van der Waals surface area (Å²) >= 11 is 12.5. The molecule has 0 fully saturated rings. The second-order valence-corrected chi connectivity index (χ2v) is 14.0. The van der Waals surface area contributed by atoms with Gasteiger partial charge in [0.05, 0.1) is 20.6 Å². The quantitative estimate of drug-likeness (QED) is 0.141. The summed E-state index contributed by atoms with van der Waals surface area (Å²) in [5.74, 6) is -0.871. The first kappa shape index (κ1) is 35.0. The SMILES string of the molecule is CCCCNC(=O)C(Cc1ccccc1)N(Cc1ccc(Cl)c(Cl)c1)C(=O)CN(c1cccc(C)c1)S(=O)(=O)c1ccc(C)cc1. The second kappa shape index (κ2) is 16.1.